The second-order valence-corrected chi connectivity index (χ2v) is 10.4. The van der Waals surface area contributed by atoms with Crippen molar-refractivity contribution in [2.75, 3.05) is 0 Å². The Hall–Kier alpha value is -3.39. The second-order valence-electron chi connectivity index (χ2n) is 10.4. The van der Waals surface area contributed by atoms with E-state index in [0.717, 1.165) is 34.7 Å². The molecule has 164 valence electrons. The zero-order valence-corrected chi connectivity index (χ0v) is 20.0. The van der Waals surface area contributed by atoms with E-state index in [2.05, 4.69) is 95.3 Å². The van der Waals surface area contributed by atoms with Gasteiger partial charge in [0.05, 0.1) is 5.69 Å². The summed E-state index contributed by atoms with van der Waals surface area (Å²) in [6.45, 7) is 11.3. The molecule has 0 saturated carbocycles. The highest BCUT2D eigenvalue weighted by molar-refractivity contribution is 6.03. The van der Waals surface area contributed by atoms with Crippen LogP contribution in [-0.2, 0) is 11.8 Å². The summed E-state index contributed by atoms with van der Waals surface area (Å²) < 4.78 is 6.51. The number of aryl methyl sites for hydroxylation is 1. The van der Waals surface area contributed by atoms with E-state index in [4.69, 9.17) is 9.40 Å². The van der Waals surface area contributed by atoms with Crippen molar-refractivity contribution >= 4 is 21.7 Å². The molecule has 0 atom stereocenters. The standard InChI is InChI=1S/C31H29NO/c1-18(2)15-20-13-14-22-21(17-20)16-19(3)32-29(22)24-10-8-11-25-27(24)30-28(31(25,4)5)23-9-6-7-12-26(23)33-30/h6-14,16-18H,15H2,1-5H3. The van der Waals surface area contributed by atoms with Crippen molar-refractivity contribution in [3.63, 3.8) is 0 Å². The molecule has 6 rings (SSSR count). The molecule has 1 aliphatic rings. The van der Waals surface area contributed by atoms with Gasteiger partial charge in [0.25, 0.3) is 0 Å². The summed E-state index contributed by atoms with van der Waals surface area (Å²) in [5, 5.41) is 3.67. The number of benzene rings is 3. The lowest BCUT2D eigenvalue weighted by atomic mass is 9.81. The van der Waals surface area contributed by atoms with Crippen molar-refractivity contribution in [3.8, 4) is 22.6 Å². The summed E-state index contributed by atoms with van der Waals surface area (Å²) in [5.41, 5.74) is 9.25. The molecule has 2 nitrogen and oxygen atoms in total. The first-order chi connectivity index (χ1) is 15.8. The van der Waals surface area contributed by atoms with Crippen LogP contribution < -0.4 is 0 Å². The Morgan fingerprint density at radius 2 is 1.73 bits per heavy atom. The van der Waals surface area contributed by atoms with E-state index in [-0.39, 0.29) is 5.41 Å². The van der Waals surface area contributed by atoms with Crippen molar-refractivity contribution in [1.82, 2.24) is 4.98 Å². The number of aromatic nitrogens is 1. The largest absolute Gasteiger partial charge is 0.456 e. The molecular formula is C31H29NO. The highest BCUT2D eigenvalue weighted by atomic mass is 16.3. The quantitative estimate of drug-likeness (QED) is 0.286. The van der Waals surface area contributed by atoms with Gasteiger partial charge < -0.3 is 4.42 Å². The van der Waals surface area contributed by atoms with Crippen molar-refractivity contribution in [2.45, 2.75) is 46.5 Å². The molecule has 2 heteroatoms. The Morgan fingerprint density at radius 3 is 2.55 bits per heavy atom. The molecule has 1 aliphatic carbocycles. The number of hydrogen-bond acceptors (Lipinski definition) is 2. The van der Waals surface area contributed by atoms with Gasteiger partial charge >= 0.3 is 0 Å². The van der Waals surface area contributed by atoms with Gasteiger partial charge in [-0.2, -0.15) is 0 Å². The molecule has 5 aromatic rings. The molecule has 3 aromatic carbocycles. The first-order valence-electron chi connectivity index (χ1n) is 11.9. The molecule has 0 bridgehead atoms. The molecular weight excluding hydrogens is 402 g/mol. The predicted octanol–water partition coefficient (Wildman–Crippen LogP) is 8.46. The average molecular weight is 432 g/mol. The van der Waals surface area contributed by atoms with E-state index in [1.54, 1.807) is 0 Å². The van der Waals surface area contributed by atoms with Gasteiger partial charge in [-0.3, -0.25) is 4.98 Å². The number of hydrogen-bond donors (Lipinski definition) is 0. The lowest BCUT2D eigenvalue weighted by molar-refractivity contribution is 0.619. The van der Waals surface area contributed by atoms with E-state index < -0.39 is 0 Å². The molecule has 0 spiro atoms. The maximum Gasteiger partial charge on any atom is 0.140 e. The number of furan rings is 1. The number of fused-ring (bicyclic) bond motifs is 6. The first-order valence-corrected chi connectivity index (χ1v) is 11.9. The Balaban J connectivity index is 1.65. The van der Waals surface area contributed by atoms with Gasteiger partial charge in [0.1, 0.15) is 11.3 Å². The van der Waals surface area contributed by atoms with Crippen LogP contribution in [0.1, 0.15) is 50.1 Å². The number of rotatable bonds is 3. The lowest BCUT2D eigenvalue weighted by Crippen LogP contribution is -2.14. The summed E-state index contributed by atoms with van der Waals surface area (Å²) in [5.74, 6) is 1.63. The van der Waals surface area contributed by atoms with E-state index in [0.29, 0.717) is 5.92 Å². The summed E-state index contributed by atoms with van der Waals surface area (Å²) >= 11 is 0. The molecule has 0 saturated heterocycles. The summed E-state index contributed by atoms with van der Waals surface area (Å²) in [4.78, 5) is 5.07. The number of para-hydroxylation sites is 1. The van der Waals surface area contributed by atoms with E-state index >= 15 is 0 Å². The molecule has 0 amide bonds. The summed E-state index contributed by atoms with van der Waals surface area (Å²) in [6, 6.07) is 24.1. The van der Waals surface area contributed by atoms with E-state index in [1.807, 2.05) is 6.07 Å². The van der Waals surface area contributed by atoms with Crippen LogP contribution in [0.2, 0.25) is 0 Å². The molecule has 0 N–H and O–H groups in total. The zero-order chi connectivity index (χ0) is 22.9. The smallest absolute Gasteiger partial charge is 0.140 e. The third-order valence-electron chi connectivity index (χ3n) is 7.11. The van der Waals surface area contributed by atoms with Gasteiger partial charge in [-0.25, -0.2) is 0 Å². The normalized spacial score (nSPS) is 14.2. The molecule has 0 aliphatic heterocycles. The molecule has 0 unspecified atom stereocenters. The molecule has 2 aromatic heterocycles. The minimum absolute atomic E-state index is 0.128. The van der Waals surface area contributed by atoms with Gasteiger partial charge in [-0.05, 0) is 47.9 Å². The van der Waals surface area contributed by atoms with Crippen LogP contribution in [0.4, 0.5) is 0 Å². The Kier molecular flexibility index (Phi) is 4.32. The van der Waals surface area contributed by atoms with Gasteiger partial charge in [-0.15, -0.1) is 0 Å². The predicted molar refractivity (Wildman–Crippen MR) is 138 cm³/mol. The number of nitrogens with zero attached hydrogens (tertiary/aromatic N) is 1. The van der Waals surface area contributed by atoms with Crippen LogP contribution in [0.25, 0.3) is 44.3 Å². The fraction of sp³-hybridized carbons (Fsp3) is 0.258. The van der Waals surface area contributed by atoms with Gasteiger partial charge in [0, 0.05) is 38.6 Å². The minimum atomic E-state index is -0.128. The van der Waals surface area contributed by atoms with Crippen LogP contribution in [0.5, 0.6) is 0 Å². The van der Waals surface area contributed by atoms with Gasteiger partial charge in [-0.1, -0.05) is 82.3 Å². The van der Waals surface area contributed by atoms with Crippen molar-refractivity contribution in [1.29, 1.82) is 0 Å². The average Bonchev–Trinajstić information content (AvgIpc) is 3.26. The number of pyridine rings is 1. The maximum absolute atomic E-state index is 6.51. The molecule has 0 fully saturated rings. The molecule has 0 radical (unpaired) electrons. The van der Waals surface area contributed by atoms with Crippen LogP contribution in [-0.4, -0.2) is 4.98 Å². The van der Waals surface area contributed by atoms with Crippen molar-refractivity contribution < 1.29 is 4.42 Å². The molecule has 33 heavy (non-hydrogen) atoms. The zero-order valence-electron chi connectivity index (χ0n) is 20.0. The van der Waals surface area contributed by atoms with Crippen molar-refractivity contribution in [3.05, 3.63) is 89.1 Å². The Labute approximate surface area is 195 Å². The van der Waals surface area contributed by atoms with Crippen LogP contribution in [0.3, 0.4) is 0 Å². The lowest BCUT2D eigenvalue weighted by Gasteiger charge is -2.21. The van der Waals surface area contributed by atoms with E-state index in [9.17, 15) is 0 Å². The first kappa shape index (κ1) is 20.2. The highest BCUT2D eigenvalue weighted by Crippen LogP contribution is 2.55. The van der Waals surface area contributed by atoms with Gasteiger partial charge in [0.2, 0.25) is 0 Å². The SMILES string of the molecule is Cc1cc2cc(CC(C)C)ccc2c(-c2cccc3c2-c2oc4ccccc4c2C3(C)C)n1. The van der Waals surface area contributed by atoms with Gasteiger partial charge in [0.15, 0.2) is 0 Å². The summed E-state index contributed by atoms with van der Waals surface area (Å²) in [6.07, 6.45) is 1.09. The fourth-order valence-electron chi connectivity index (χ4n) is 5.74. The fourth-order valence-corrected chi connectivity index (χ4v) is 5.74. The monoisotopic (exact) mass is 431 g/mol. The second kappa shape index (κ2) is 7.05. The van der Waals surface area contributed by atoms with Crippen molar-refractivity contribution in [2.24, 2.45) is 5.92 Å². The maximum atomic E-state index is 6.51. The third-order valence-corrected chi connectivity index (χ3v) is 7.11. The minimum Gasteiger partial charge on any atom is -0.456 e. The van der Waals surface area contributed by atoms with Crippen LogP contribution in [0, 0.1) is 12.8 Å². The summed E-state index contributed by atoms with van der Waals surface area (Å²) in [7, 11) is 0. The Morgan fingerprint density at radius 1 is 0.909 bits per heavy atom. The van der Waals surface area contributed by atoms with E-state index in [1.165, 1.54) is 38.4 Å². The highest BCUT2D eigenvalue weighted by Gasteiger charge is 2.41. The molecule has 2 heterocycles. The van der Waals surface area contributed by atoms with Crippen LogP contribution in [0.15, 0.2) is 71.1 Å². The van der Waals surface area contributed by atoms with Crippen LogP contribution >= 0.6 is 0 Å². The Bertz CT molecular complexity index is 1550. The topological polar surface area (TPSA) is 26.0 Å². The third kappa shape index (κ3) is 2.97.